The van der Waals surface area contributed by atoms with E-state index >= 15 is 0 Å². The molecule has 0 aliphatic carbocycles. The number of non-ortho nitro benzene ring substituents is 1. The molecule has 0 atom stereocenters. The summed E-state index contributed by atoms with van der Waals surface area (Å²) in [5.74, 6) is 0.384. The average molecular weight is 311 g/mol. The van der Waals surface area contributed by atoms with Gasteiger partial charge in [0.2, 0.25) is 5.95 Å². The number of aromatic amines is 1. The van der Waals surface area contributed by atoms with Crippen LogP contribution in [0.15, 0.2) is 41.5 Å². The molecule has 8 nitrogen and oxygen atoms in total. The zero-order valence-electron chi connectivity index (χ0n) is 12.1. The van der Waals surface area contributed by atoms with Gasteiger partial charge in [0.15, 0.2) is 0 Å². The summed E-state index contributed by atoms with van der Waals surface area (Å²) in [6.07, 6.45) is 1.31. The topological polar surface area (TPSA) is 116 Å². The molecule has 0 aliphatic rings. The number of hydrazone groups is 1. The number of imidazole rings is 1. The second-order valence-electron chi connectivity index (χ2n) is 4.93. The SMILES string of the molecule is Cc1cc([N+](=O)[O-])cc(/C=N/Nc2nc3ccccc3[nH]2)c1O. The summed E-state index contributed by atoms with van der Waals surface area (Å²) in [4.78, 5) is 17.7. The van der Waals surface area contributed by atoms with Crippen molar-refractivity contribution < 1.29 is 10.0 Å². The molecule has 3 rings (SSSR count). The molecule has 2 aromatic carbocycles. The molecule has 0 fully saturated rings. The van der Waals surface area contributed by atoms with Crippen molar-refractivity contribution in [2.24, 2.45) is 5.10 Å². The van der Waals surface area contributed by atoms with Gasteiger partial charge in [-0.1, -0.05) is 12.1 Å². The molecule has 8 heteroatoms. The molecule has 0 unspecified atom stereocenters. The second kappa shape index (κ2) is 5.76. The fraction of sp³-hybridized carbons (Fsp3) is 0.0667. The summed E-state index contributed by atoms with van der Waals surface area (Å²) in [5.41, 5.74) is 4.90. The third-order valence-corrected chi connectivity index (χ3v) is 3.29. The van der Waals surface area contributed by atoms with E-state index in [-0.39, 0.29) is 17.0 Å². The van der Waals surface area contributed by atoms with E-state index in [4.69, 9.17) is 0 Å². The molecule has 23 heavy (non-hydrogen) atoms. The van der Waals surface area contributed by atoms with Crippen molar-refractivity contribution in [3.63, 3.8) is 0 Å². The maximum Gasteiger partial charge on any atom is 0.270 e. The van der Waals surface area contributed by atoms with Crippen molar-refractivity contribution >= 4 is 28.9 Å². The standard InChI is InChI=1S/C15H13N5O3/c1-9-6-11(20(22)23)7-10(14(9)21)8-16-19-15-17-12-4-2-3-5-13(12)18-15/h2-8,21H,1H3,(H2,17,18,19)/b16-8+. The van der Waals surface area contributed by atoms with Crippen molar-refractivity contribution in [2.45, 2.75) is 6.92 Å². The van der Waals surface area contributed by atoms with E-state index in [0.29, 0.717) is 11.5 Å². The third-order valence-electron chi connectivity index (χ3n) is 3.29. The first-order valence-corrected chi connectivity index (χ1v) is 6.76. The summed E-state index contributed by atoms with van der Waals surface area (Å²) in [6.45, 7) is 1.59. The number of rotatable bonds is 4. The number of phenolic OH excluding ortho intramolecular Hbond substituents is 1. The fourth-order valence-corrected chi connectivity index (χ4v) is 2.16. The van der Waals surface area contributed by atoms with Crippen molar-refractivity contribution in [2.75, 3.05) is 5.43 Å². The predicted octanol–water partition coefficient (Wildman–Crippen LogP) is 2.93. The van der Waals surface area contributed by atoms with Gasteiger partial charge in [0.1, 0.15) is 5.75 Å². The van der Waals surface area contributed by atoms with Gasteiger partial charge in [-0.2, -0.15) is 5.10 Å². The van der Waals surface area contributed by atoms with Gasteiger partial charge < -0.3 is 10.1 Å². The molecule has 0 saturated carbocycles. The molecule has 116 valence electrons. The van der Waals surface area contributed by atoms with Gasteiger partial charge in [-0.25, -0.2) is 10.4 Å². The maximum absolute atomic E-state index is 10.9. The Morgan fingerprint density at radius 2 is 2.17 bits per heavy atom. The Morgan fingerprint density at radius 1 is 1.39 bits per heavy atom. The van der Waals surface area contributed by atoms with Crippen LogP contribution in [0.25, 0.3) is 11.0 Å². The zero-order chi connectivity index (χ0) is 16.4. The van der Waals surface area contributed by atoms with E-state index in [1.54, 1.807) is 6.92 Å². The van der Waals surface area contributed by atoms with Crippen LogP contribution in [0.4, 0.5) is 11.6 Å². The van der Waals surface area contributed by atoms with Crippen LogP contribution in [0, 0.1) is 17.0 Å². The van der Waals surface area contributed by atoms with E-state index in [1.807, 2.05) is 24.3 Å². The number of hydrogen-bond acceptors (Lipinski definition) is 6. The number of benzene rings is 2. The summed E-state index contributed by atoms with van der Waals surface area (Å²) >= 11 is 0. The molecular formula is C15H13N5O3. The van der Waals surface area contributed by atoms with Crippen LogP contribution in [0.3, 0.4) is 0 Å². The highest BCUT2D eigenvalue weighted by Gasteiger charge is 2.12. The number of para-hydroxylation sites is 2. The lowest BCUT2D eigenvalue weighted by Crippen LogP contribution is -1.96. The smallest absolute Gasteiger partial charge is 0.270 e. The minimum atomic E-state index is -0.517. The molecule has 3 N–H and O–H groups in total. The van der Waals surface area contributed by atoms with E-state index in [0.717, 1.165) is 11.0 Å². The number of aromatic hydroxyl groups is 1. The monoisotopic (exact) mass is 311 g/mol. The molecule has 0 aliphatic heterocycles. The van der Waals surface area contributed by atoms with Gasteiger partial charge in [0, 0.05) is 17.7 Å². The Kier molecular flexibility index (Phi) is 3.63. The fourth-order valence-electron chi connectivity index (χ4n) is 2.16. The summed E-state index contributed by atoms with van der Waals surface area (Å²) < 4.78 is 0. The Labute approximate surface area is 130 Å². The van der Waals surface area contributed by atoms with E-state index in [1.165, 1.54) is 18.3 Å². The summed E-state index contributed by atoms with van der Waals surface area (Å²) in [7, 11) is 0. The minimum Gasteiger partial charge on any atom is -0.507 e. The van der Waals surface area contributed by atoms with Crippen LogP contribution in [0.1, 0.15) is 11.1 Å². The number of phenols is 1. The van der Waals surface area contributed by atoms with E-state index < -0.39 is 4.92 Å². The summed E-state index contributed by atoms with van der Waals surface area (Å²) in [5, 5.41) is 24.8. The number of nitrogens with zero attached hydrogens (tertiary/aromatic N) is 3. The number of nitro benzene ring substituents is 1. The Bertz CT molecular complexity index is 884. The van der Waals surface area contributed by atoms with Crippen molar-refractivity contribution in [1.29, 1.82) is 0 Å². The van der Waals surface area contributed by atoms with Crippen LogP contribution in [-0.2, 0) is 0 Å². The lowest BCUT2D eigenvalue weighted by Gasteiger charge is -2.03. The molecule has 1 aromatic heterocycles. The molecule has 0 spiro atoms. The number of nitrogens with one attached hydrogen (secondary N) is 2. The Hall–Kier alpha value is -3.42. The molecule has 3 aromatic rings. The van der Waals surface area contributed by atoms with Gasteiger partial charge in [0.25, 0.3) is 5.69 Å². The molecule has 0 bridgehead atoms. The van der Waals surface area contributed by atoms with Crippen molar-refractivity contribution in [3.8, 4) is 5.75 Å². The average Bonchev–Trinajstić information content (AvgIpc) is 2.93. The zero-order valence-corrected chi connectivity index (χ0v) is 12.1. The van der Waals surface area contributed by atoms with Crippen LogP contribution in [0.2, 0.25) is 0 Å². The highest BCUT2D eigenvalue weighted by molar-refractivity contribution is 5.86. The number of anilines is 1. The van der Waals surface area contributed by atoms with Crippen molar-refractivity contribution in [1.82, 2.24) is 9.97 Å². The van der Waals surface area contributed by atoms with Gasteiger partial charge in [0.05, 0.1) is 22.2 Å². The number of fused-ring (bicyclic) bond motifs is 1. The number of H-pyrrole nitrogens is 1. The lowest BCUT2D eigenvalue weighted by molar-refractivity contribution is -0.384. The van der Waals surface area contributed by atoms with Crippen LogP contribution >= 0.6 is 0 Å². The third kappa shape index (κ3) is 2.95. The minimum absolute atomic E-state index is 0.0502. The van der Waals surface area contributed by atoms with Crippen molar-refractivity contribution in [3.05, 3.63) is 57.6 Å². The first-order valence-electron chi connectivity index (χ1n) is 6.76. The van der Waals surface area contributed by atoms with Gasteiger partial charge >= 0.3 is 0 Å². The number of aryl methyl sites for hydroxylation is 1. The molecule has 0 radical (unpaired) electrons. The van der Waals surface area contributed by atoms with Gasteiger partial charge in [-0.15, -0.1) is 0 Å². The van der Waals surface area contributed by atoms with Crippen LogP contribution in [-0.4, -0.2) is 26.2 Å². The number of nitro groups is 1. The van der Waals surface area contributed by atoms with Crippen LogP contribution in [0.5, 0.6) is 5.75 Å². The normalized spacial score (nSPS) is 11.2. The number of aromatic nitrogens is 2. The highest BCUT2D eigenvalue weighted by atomic mass is 16.6. The van der Waals surface area contributed by atoms with Crippen LogP contribution < -0.4 is 5.43 Å². The first kappa shape index (κ1) is 14.5. The maximum atomic E-state index is 10.9. The largest absolute Gasteiger partial charge is 0.507 e. The highest BCUT2D eigenvalue weighted by Crippen LogP contribution is 2.26. The summed E-state index contributed by atoms with van der Waals surface area (Å²) in [6, 6.07) is 10.1. The van der Waals surface area contributed by atoms with Gasteiger partial charge in [-0.05, 0) is 24.6 Å². The molecule has 0 amide bonds. The second-order valence-corrected chi connectivity index (χ2v) is 4.93. The molecular weight excluding hydrogens is 298 g/mol. The predicted molar refractivity (Wildman–Crippen MR) is 86.8 cm³/mol. The Morgan fingerprint density at radius 3 is 2.91 bits per heavy atom. The van der Waals surface area contributed by atoms with Gasteiger partial charge in [-0.3, -0.25) is 10.1 Å². The molecule has 0 saturated heterocycles. The Balaban J connectivity index is 1.83. The van der Waals surface area contributed by atoms with E-state index in [2.05, 4.69) is 20.5 Å². The number of hydrogen-bond donors (Lipinski definition) is 3. The lowest BCUT2D eigenvalue weighted by atomic mass is 10.1. The quantitative estimate of drug-likeness (QED) is 0.389. The molecule has 1 heterocycles. The first-order chi connectivity index (χ1) is 11.0. The van der Waals surface area contributed by atoms with E-state index in [9.17, 15) is 15.2 Å².